The van der Waals surface area contributed by atoms with E-state index < -0.39 is 10.3 Å². The van der Waals surface area contributed by atoms with E-state index in [1.54, 1.807) is 6.07 Å². The number of hydrogen-bond donors (Lipinski definition) is 2. The molecule has 6 heteroatoms. The fourth-order valence-corrected chi connectivity index (χ4v) is 1.91. The molecule has 0 unspecified atom stereocenters. The van der Waals surface area contributed by atoms with Crippen LogP contribution in [0.15, 0.2) is 24.3 Å². The van der Waals surface area contributed by atoms with E-state index in [0.29, 0.717) is 18.5 Å². The minimum Gasteiger partial charge on any atom is -0.329 e. The highest BCUT2D eigenvalue weighted by molar-refractivity contribution is 5.95. The Hall–Kier alpha value is -1.95. The number of rotatable bonds is 6. The molecule has 0 bridgehead atoms. The van der Waals surface area contributed by atoms with Crippen LogP contribution in [0, 0.1) is 15.5 Å². The minimum absolute atomic E-state index is 0.0517. The van der Waals surface area contributed by atoms with Gasteiger partial charge in [0, 0.05) is 24.4 Å². The molecule has 1 rings (SSSR count). The van der Waals surface area contributed by atoms with E-state index in [2.05, 4.69) is 5.32 Å². The average molecular weight is 265 g/mol. The summed E-state index contributed by atoms with van der Waals surface area (Å²) in [4.78, 5) is 22.4. The summed E-state index contributed by atoms with van der Waals surface area (Å²) in [6.07, 6.45) is 1.25. The summed E-state index contributed by atoms with van der Waals surface area (Å²) < 4.78 is 0. The van der Waals surface area contributed by atoms with Crippen LogP contribution in [0.3, 0.4) is 0 Å². The van der Waals surface area contributed by atoms with Crippen LogP contribution in [-0.4, -0.2) is 17.4 Å². The Labute approximate surface area is 112 Å². The molecule has 0 fully saturated rings. The summed E-state index contributed by atoms with van der Waals surface area (Å²) >= 11 is 0. The molecular weight excluding hydrogens is 246 g/mol. The van der Waals surface area contributed by atoms with Crippen molar-refractivity contribution < 1.29 is 9.72 Å². The number of carbonyl (C=O) groups is 1. The average Bonchev–Trinajstić information content (AvgIpc) is 2.41. The number of nitrogens with one attached hydrogen (secondary N) is 1. The van der Waals surface area contributed by atoms with Crippen molar-refractivity contribution in [2.24, 2.45) is 11.1 Å². The Morgan fingerprint density at radius 2 is 2.05 bits per heavy atom. The predicted octanol–water partition coefficient (Wildman–Crippen LogP) is 2.30. The second-order valence-corrected chi connectivity index (χ2v) is 4.45. The zero-order valence-corrected chi connectivity index (χ0v) is 11.2. The lowest BCUT2D eigenvalue weighted by atomic mass is 9.81. The molecule has 19 heavy (non-hydrogen) atoms. The van der Waals surface area contributed by atoms with Gasteiger partial charge in [-0.25, -0.2) is 0 Å². The van der Waals surface area contributed by atoms with Gasteiger partial charge in [-0.3, -0.25) is 14.9 Å². The van der Waals surface area contributed by atoms with Crippen LogP contribution >= 0.6 is 0 Å². The van der Waals surface area contributed by atoms with Gasteiger partial charge in [0.15, 0.2) is 0 Å². The Kier molecular flexibility index (Phi) is 5.00. The van der Waals surface area contributed by atoms with E-state index >= 15 is 0 Å². The van der Waals surface area contributed by atoms with Crippen molar-refractivity contribution in [2.75, 3.05) is 11.9 Å². The maximum absolute atomic E-state index is 12.2. The summed E-state index contributed by atoms with van der Waals surface area (Å²) in [5.41, 5.74) is 5.44. The molecule has 0 saturated carbocycles. The second-order valence-electron chi connectivity index (χ2n) is 4.45. The Morgan fingerprint density at radius 1 is 1.42 bits per heavy atom. The fourth-order valence-electron chi connectivity index (χ4n) is 1.91. The van der Waals surface area contributed by atoms with Crippen molar-refractivity contribution in [3.05, 3.63) is 34.4 Å². The highest BCUT2D eigenvalue weighted by Crippen LogP contribution is 2.27. The number of anilines is 1. The van der Waals surface area contributed by atoms with Gasteiger partial charge in [-0.15, -0.1) is 0 Å². The zero-order valence-electron chi connectivity index (χ0n) is 11.2. The smallest absolute Gasteiger partial charge is 0.271 e. The molecule has 6 nitrogen and oxygen atoms in total. The summed E-state index contributed by atoms with van der Waals surface area (Å²) in [7, 11) is 0. The topological polar surface area (TPSA) is 98.3 Å². The van der Waals surface area contributed by atoms with Gasteiger partial charge < -0.3 is 11.1 Å². The highest BCUT2D eigenvalue weighted by Gasteiger charge is 2.33. The molecule has 104 valence electrons. The van der Waals surface area contributed by atoms with Crippen molar-refractivity contribution in [1.82, 2.24) is 0 Å². The third kappa shape index (κ3) is 3.29. The van der Waals surface area contributed by atoms with E-state index in [1.165, 1.54) is 18.2 Å². The lowest BCUT2D eigenvalue weighted by Gasteiger charge is -2.28. The molecule has 1 aromatic carbocycles. The van der Waals surface area contributed by atoms with Gasteiger partial charge >= 0.3 is 0 Å². The highest BCUT2D eigenvalue weighted by atomic mass is 16.6. The summed E-state index contributed by atoms with van der Waals surface area (Å²) in [6, 6.07) is 5.88. The first-order chi connectivity index (χ1) is 8.99. The largest absolute Gasteiger partial charge is 0.329 e. The van der Waals surface area contributed by atoms with Crippen LogP contribution in [0.25, 0.3) is 0 Å². The van der Waals surface area contributed by atoms with Crippen LogP contribution in [0.2, 0.25) is 0 Å². The van der Waals surface area contributed by atoms with Crippen LogP contribution in [-0.2, 0) is 4.79 Å². The van der Waals surface area contributed by atoms with E-state index in [4.69, 9.17) is 5.73 Å². The molecule has 3 N–H and O–H groups in total. The van der Waals surface area contributed by atoms with Gasteiger partial charge in [0.1, 0.15) is 0 Å². The Bertz CT molecular complexity index is 462. The van der Waals surface area contributed by atoms with Crippen LogP contribution < -0.4 is 11.1 Å². The number of hydrogen-bond acceptors (Lipinski definition) is 4. The lowest BCUT2D eigenvalue weighted by Crippen LogP contribution is -2.41. The van der Waals surface area contributed by atoms with Crippen molar-refractivity contribution in [2.45, 2.75) is 26.7 Å². The van der Waals surface area contributed by atoms with E-state index in [1.807, 2.05) is 13.8 Å². The normalized spacial score (nSPS) is 11.1. The standard InChI is InChI=1S/C13H19N3O3/c1-3-13(4-2,9-14)12(17)15-10-6-5-7-11(8-10)16(18)19/h5-8H,3-4,9,14H2,1-2H3,(H,15,17). The Balaban J connectivity index is 2.93. The summed E-state index contributed by atoms with van der Waals surface area (Å²) in [6.45, 7) is 4.06. The van der Waals surface area contributed by atoms with E-state index in [0.717, 1.165) is 0 Å². The number of amides is 1. The predicted molar refractivity (Wildman–Crippen MR) is 73.8 cm³/mol. The van der Waals surface area contributed by atoms with Gasteiger partial charge in [-0.1, -0.05) is 19.9 Å². The molecule has 0 radical (unpaired) electrons. The van der Waals surface area contributed by atoms with Crippen molar-refractivity contribution >= 4 is 17.3 Å². The molecule has 1 aromatic rings. The van der Waals surface area contributed by atoms with Gasteiger partial charge in [0.2, 0.25) is 5.91 Å². The second kappa shape index (κ2) is 6.29. The SMILES string of the molecule is CCC(CC)(CN)C(=O)Nc1cccc([N+](=O)[O-])c1. The van der Waals surface area contributed by atoms with E-state index in [9.17, 15) is 14.9 Å². The number of carbonyl (C=O) groups excluding carboxylic acids is 1. The molecule has 1 amide bonds. The molecule has 0 atom stereocenters. The third-order valence-electron chi connectivity index (χ3n) is 3.54. The zero-order chi connectivity index (χ0) is 14.5. The van der Waals surface area contributed by atoms with Crippen molar-refractivity contribution in [1.29, 1.82) is 0 Å². The van der Waals surface area contributed by atoms with Crippen LogP contribution in [0.5, 0.6) is 0 Å². The number of benzene rings is 1. The number of non-ortho nitro benzene ring substituents is 1. The number of nitrogens with two attached hydrogens (primary N) is 1. The number of nitrogens with zero attached hydrogens (tertiary/aromatic N) is 1. The van der Waals surface area contributed by atoms with Gasteiger partial charge in [-0.2, -0.15) is 0 Å². The fraction of sp³-hybridized carbons (Fsp3) is 0.462. The molecular formula is C13H19N3O3. The molecule has 0 aromatic heterocycles. The monoisotopic (exact) mass is 265 g/mol. The lowest BCUT2D eigenvalue weighted by molar-refractivity contribution is -0.384. The van der Waals surface area contributed by atoms with Gasteiger partial charge in [-0.05, 0) is 18.9 Å². The molecule has 0 aliphatic rings. The van der Waals surface area contributed by atoms with Crippen molar-refractivity contribution in [3.8, 4) is 0 Å². The van der Waals surface area contributed by atoms with Gasteiger partial charge in [0.05, 0.1) is 10.3 Å². The molecule has 0 heterocycles. The number of nitro groups is 1. The first-order valence-electron chi connectivity index (χ1n) is 6.25. The summed E-state index contributed by atoms with van der Waals surface area (Å²) in [5.74, 6) is -0.194. The molecule has 0 aliphatic heterocycles. The van der Waals surface area contributed by atoms with Crippen LogP contribution in [0.4, 0.5) is 11.4 Å². The quantitative estimate of drug-likeness (QED) is 0.609. The summed E-state index contributed by atoms with van der Waals surface area (Å²) in [5, 5.41) is 13.4. The van der Waals surface area contributed by atoms with Crippen molar-refractivity contribution in [3.63, 3.8) is 0 Å². The van der Waals surface area contributed by atoms with Crippen LogP contribution in [0.1, 0.15) is 26.7 Å². The maximum Gasteiger partial charge on any atom is 0.271 e. The maximum atomic E-state index is 12.2. The first-order valence-corrected chi connectivity index (χ1v) is 6.25. The molecule has 0 aliphatic carbocycles. The van der Waals surface area contributed by atoms with E-state index in [-0.39, 0.29) is 18.1 Å². The Morgan fingerprint density at radius 3 is 2.53 bits per heavy atom. The molecule has 0 saturated heterocycles. The number of nitro benzene ring substituents is 1. The van der Waals surface area contributed by atoms with Gasteiger partial charge in [0.25, 0.3) is 5.69 Å². The molecule has 0 spiro atoms. The first kappa shape index (κ1) is 15.1. The third-order valence-corrected chi connectivity index (χ3v) is 3.54. The minimum atomic E-state index is -0.620.